The second kappa shape index (κ2) is 5.65. The predicted molar refractivity (Wildman–Crippen MR) is 71.3 cm³/mol. The summed E-state index contributed by atoms with van der Waals surface area (Å²) in [7, 11) is 0. The summed E-state index contributed by atoms with van der Waals surface area (Å²) in [6.45, 7) is 5.89. The zero-order valence-corrected chi connectivity index (χ0v) is 11.3. The van der Waals surface area contributed by atoms with E-state index >= 15 is 0 Å². The Hall–Kier alpha value is -0.870. The average Bonchev–Trinajstić information content (AvgIpc) is 2.48. The molecule has 1 atom stereocenters. The Bertz CT molecular complexity index is 400. The lowest BCUT2D eigenvalue weighted by atomic mass is 10.1. The van der Waals surface area contributed by atoms with Crippen LogP contribution in [0.4, 0.5) is 0 Å². The maximum atomic E-state index is 11.8. The van der Waals surface area contributed by atoms with Crippen LogP contribution in [0.15, 0.2) is 6.07 Å². The molecule has 3 nitrogen and oxygen atoms in total. The zero-order valence-electron chi connectivity index (χ0n) is 10.5. The molecule has 0 aliphatic carbocycles. The van der Waals surface area contributed by atoms with Crippen LogP contribution in [0.3, 0.4) is 0 Å². The molecule has 17 heavy (non-hydrogen) atoms. The molecule has 1 amide bonds. The van der Waals surface area contributed by atoms with Gasteiger partial charge >= 0.3 is 0 Å². The molecule has 0 radical (unpaired) electrons. The average molecular weight is 252 g/mol. The molecule has 0 spiro atoms. The van der Waals surface area contributed by atoms with Crippen LogP contribution in [0, 0.1) is 13.8 Å². The fourth-order valence-electron chi connectivity index (χ4n) is 2.23. The highest BCUT2D eigenvalue weighted by molar-refractivity contribution is 7.12. The first-order valence-electron chi connectivity index (χ1n) is 6.24. The SMILES string of the molecule is Cc1cc(CNC2CCCCNC2=O)c(C)s1. The summed E-state index contributed by atoms with van der Waals surface area (Å²) in [5.74, 6) is 0.159. The molecule has 1 fully saturated rings. The van der Waals surface area contributed by atoms with Gasteiger partial charge < -0.3 is 10.6 Å². The normalized spacial score (nSPS) is 21.1. The highest BCUT2D eigenvalue weighted by atomic mass is 32.1. The lowest BCUT2D eigenvalue weighted by Gasteiger charge is -2.14. The van der Waals surface area contributed by atoms with E-state index in [4.69, 9.17) is 0 Å². The maximum Gasteiger partial charge on any atom is 0.237 e. The van der Waals surface area contributed by atoms with Crippen molar-refractivity contribution in [1.82, 2.24) is 10.6 Å². The Balaban J connectivity index is 1.92. The molecule has 1 unspecified atom stereocenters. The van der Waals surface area contributed by atoms with Crippen molar-refractivity contribution < 1.29 is 4.79 Å². The summed E-state index contributed by atoms with van der Waals surface area (Å²) in [5, 5.41) is 6.33. The molecule has 2 heterocycles. The third kappa shape index (κ3) is 3.30. The monoisotopic (exact) mass is 252 g/mol. The minimum absolute atomic E-state index is 0.0166. The van der Waals surface area contributed by atoms with Crippen molar-refractivity contribution in [2.24, 2.45) is 0 Å². The van der Waals surface area contributed by atoms with Crippen LogP contribution in [-0.4, -0.2) is 18.5 Å². The first-order chi connectivity index (χ1) is 8.16. The Kier molecular flexibility index (Phi) is 4.18. The molecular weight excluding hydrogens is 232 g/mol. The third-order valence-electron chi connectivity index (χ3n) is 3.22. The molecule has 0 aromatic carbocycles. The van der Waals surface area contributed by atoms with Gasteiger partial charge in [-0.15, -0.1) is 11.3 Å². The van der Waals surface area contributed by atoms with Gasteiger partial charge in [-0.25, -0.2) is 0 Å². The summed E-state index contributed by atoms with van der Waals surface area (Å²) < 4.78 is 0. The number of carbonyl (C=O) groups is 1. The first kappa shape index (κ1) is 12.6. The van der Waals surface area contributed by atoms with Crippen LogP contribution in [-0.2, 0) is 11.3 Å². The van der Waals surface area contributed by atoms with Gasteiger partial charge in [0.2, 0.25) is 5.91 Å². The molecule has 1 aliphatic heterocycles. The minimum Gasteiger partial charge on any atom is -0.355 e. The predicted octanol–water partition coefficient (Wildman–Crippen LogP) is 2.12. The van der Waals surface area contributed by atoms with Gasteiger partial charge in [0.05, 0.1) is 6.04 Å². The van der Waals surface area contributed by atoms with E-state index in [1.165, 1.54) is 15.3 Å². The van der Waals surface area contributed by atoms with Crippen molar-refractivity contribution in [2.45, 2.75) is 45.7 Å². The molecule has 1 saturated heterocycles. The van der Waals surface area contributed by atoms with Crippen molar-refractivity contribution in [3.8, 4) is 0 Å². The second-order valence-corrected chi connectivity index (χ2v) is 6.12. The Labute approximate surface area is 107 Å². The van der Waals surface area contributed by atoms with Crippen LogP contribution < -0.4 is 10.6 Å². The number of rotatable bonds is 3. The lowest BCUT2D eigenvalue weighted by molar-refractivity contribution is -0.122. The van der Waals surface area contributed by atoms with Gasteiger partial charge in [-0.2, -0.15) is 0 Å². The largest absolute Gasteiger partial charge is 0.355 e. The molecular formula is C13H20N2OS. The van der Waals surface area contributed by atoms with Crippen LogP contribution in [0.5, 0.6) is 0 Å². The Morgan fingerprint density at radius 1 is 1.47 bits per heavy atom. The smallest absolute Gasteiger partial charge is 0.237 e. The van der Waals surface area contributed by atoms with Crippen LogP contribution in [0.2, 0.25) is 0 Å². The van der Waals surface area contributed by atoms with Gasteiger partial charge in [0.25, 0.3) is 0 Å². The molecule has 1 aromatic rings. The van der Waals surface area contributed by atoms with E-state index < -0.39 is 0 Å². The van der Waals surface area contributed by atoms with Crippen LogP contribution >= 0.6 is 11.3 Å². The van der Waals surface area contributed by atoms with E-state index in [0.29, 0.717) is 0 Å². The van der Waals surface area contributed by atoms with Crippen molar-refractivity contribution in [3.05, 3.63) is 21.4 Å². The van der Waals surface area contributed by atoms with Gasteiger partial charge in [0, 0.05) is 22.8 Å². The van der Waals surface area contributed by atoms with E-state index in [-0.39, 0.29) is 11.9 Å². The Morgan fingerprint density at radius 3 is 3.00 bits per heavy atom. The van der Waals surface area contributed by atoms with E-state index in [9.17, 15) is 4.79 Å². The summed E-state index contributed by atoms with van der Waals surface area (Å²) in [6.07, 6.45) is 3.17. The van der Waals surface area contributed by atoms with E-state index in [1.54, 1.807) is 0 Å². The third-order valence-corrected chi connectivity index (χ3v) is 4.23. The molecule has 4 heteroatoms. The zero-order chi connectivity index (χ0) is 12.3. The standard InChI is InChI=1S/C13H20N2OS/c1-9-7-11(10(2)17-9)8-15-12-5-3-4-6-14-13(12)16/h7,12,15H,3-6,8H2,1-2H3,(H,14,16). The van der Waals surface area contributed by atoms with Gasteiger partial charge in [-0.1, -0.05) is 0 Å². The molecule has 0 saturated carbocycles. The quantitative estimate of drug-likeness (QED) is 0.865. The number of aryl methyl sites for hydroxylation is 2. The number of nitrogens with one attached hydrogen (secondary N) is 2. The first-order valence-corrected chi connectivity index (χ1v) is 7.05. The maximum absolute atomic E-state index is 11.8. The Morgan fingerprint density at radius 2 is 2.29 bits per heavy atom. The van der Waals surface area contributed by atoms with Crippen molar-refractivity contribution in [3.63, 3.8) is 0 Å². The van der Waals surface area contributed by atoms with E-state index in [1.807, 2.05) is 11.3 Å². The highest BCUT2D eigenvalue weighted by Gasteiger charge is 2.19. The number of carbonyl (C=O) groups excluding carboxylic acids is 1. The minimum atomic E-state index is -0.0166. The van der Waals surface area contributed by atoms with Gasteiger partial charge in [0.15, 0.2) is 0 Å². The molecule has 94 valence electrons. The molecule has 2 rings (SSSR count). The van der Waals surface area contributed by atoms with E-state index in [0.717, 1.165) is 32.4 Å². The molecule has 0 bridgehead atoms. The van der Waals surface area contributed by atoms with Crippen molar-refractivity contribution >= 4 is 17.2 Å². The number of amides is 1. The molecule has 2 N–H and O–H groups in total. The summed E-state index contributed by atoms with van der Waals surface area (Å²) in [4.78, 5) is 14.4. The second-order valence-electron chi connectivity index (χ2n) is 4.66. The highest BCUT2D eigenvalue weighted by Crippen LogP contribution is 2.20. The molecule has 1 aliphatic rings. The summed E-state index contributed by atoms with van der Waals surface area (Å²) in [5.41, 5.74) is 1.32. The van der Waals surface area contributed by atoms with Gasteiger partial charge in [0.1, 0.15) is 0 Å². The lowest BCUT2D eigenvalue weighted by Crippen LogP contribution is -2.42. The van der Waals surface area contributed by atoms with Crippen LogP contribution in [0.1, 0.15) is 34.6 Å². The van der Waals surface area contributed by atoms with Crippen molar-refractivity contribution in [2.75, 3.05) is 6.54 Å². The summed E-state index contributed by atoms with van der Waals surface area (Å²) >= 11 is 1.82. The van der Waals surface area contributed by atoms with Gasteiger partial charge in [-0.3, -0.25) is 4.79 Å². The summed E-state index contributed by atoms with van der Waals surface area (Å²) in [6, 6.07) is 2.19. The number of thiophene rings is 1. The molecule has 1 aromatic heterocycles. The fourth-order valence-corrected chi connectivity index (χ4v) is 3.17. The topological polar surface area (TPSA) is 41.1 Å². The van der Waals surface area contributed by atoms with Gasteiger partial charge in [-0.05, 0) is 44.7 Å². The number of hydrogen-bond donors (Lipinski definition) is 2. The van der Waals surface area contributed by atoms with Crippen molar-refractivity contribution in [1.29, 1.82) is 0 Å². The fraction of sp³-hybridized carbons (Fsp3) is 0.615. The van der Waals surface area contributed by atoms with Crippen LogP contribution in [0.25, 0.3) is 0 Å². The number of hydrogen-bond acceptors (Lipinski definition) is 3. The van der Waals surface area contributed by atoms with E-state index in [2.05, 4.69) is 30.5 Å².